The first-order valence-corrected chi connectivity index (χ1v) is 10.7. The molecule has 0 amide bonds. The van der Waals surface area contributed by atoms with Gasteiger partial charge >= 0.3 is 11.9 Å². The molecule has 8 heteroatoms. The van der Waals surface area contributed by atoms with E-state index in [1.165, 1.54) is 6.08 Å². The molecule has 0 spiro atoms. The molecule has 0 aliphatic rings. The molecule has 0 bridgehead atoms. The van der Waals surface area contributed by atoms with Gasteiger partial charge in [0, 0.05) is 18.1 Å². The summed E-state index contributed by atoms with van der Waals surface area (Å²) in [6.07, 6.45) is 4.02. The van der Waals surface area contributed by atoms with Gasteiger partial charge in [0.25, 0.3) is 0 Å². The number of Topliss-reactive ketones (excluding diaryl/α,β-unsaturated/α-hetero) is 1. The lowest BCUT2D eigenvalue weighted by Gasteiger charge is -2.08. The summed E-state index contributed by atoms with van der Waals surface area (Å²) in [6, 6.07) is 13.9. The first-order valence-electron chi connectivity index (χ1n) is 10.7. The van der Waals surface area contributed by atoms with Crippen molar-refractivity contribution in [3.8, 4) is 17.2 Å². The Bertz CT molecular complexity index is 990. The summed E-state index contributed by atoms with van der Waals surface area (Å²) in [5, 5.41) is 8.68. The van der Waals surface area contributed by atoms with Crippen LogP contribution in [0.15, 0.2) is 66.8 Å². The fourth-order valence-electron chi connectivity index (χ4n) is 2.66. The van der Waals surface area contributed by atoms with E-state index in [9.17, 15) is 14.4 Å². The van der Waals surface area contributed by atoms with E-state index >= 15 is 0 Å². The number of rotatable bonds is 14. The molecular formula is C26H28O8. The summed E-state index contributed by atoms with van der Waals surface area (Å²) in [4.78, 5) is 34.7. The first kappa shape index (κ1) is 26.3. The van der Waals surface area contributed by atoms with Crippen molar-refractivity contribution in [3.63, 3.8) is 0 Å². The summed E-state index contributed by atoms with van der Waals surface area (Å²) in [5.74, 6) is 0.164. The number of ether oxygens (including phenoxy) is 4. The molecule has 34 heavy (non-hydrogen) atoms. The Morgan fingerprint density at radius 1 is 0.912 bits per heavy atom. The van der Waals surface area contributed by atoms with Crippen LogP contribution in [0.25, 0.3) is 6.08 Å². The van der Waals surface area contributed by atoms with Crippen LogP contribution in [-0.4, -0.2) is 49.8 Å². The maximum absolute atomic E-state index is 11.9. The fraction of sp³-hybridized carbons (Fsp3) is 0.269. The number of hydrogen-bond acceptors (Lipinski definition) is 8. The van der Waals surface area contributed by atoms with Gasteiger partial charge in [0.1, 0.15) is 23.9 Å². The highest BCUT2D eigenvalue weighted by Gasteiger charge is 2.12. The molecule has 0 fully saturated rings. The van der Waals surface area contributed by atoms with Crippen molar-refractivity contribution in [1.29, 1.82) is 0 Å². The van der Waals surface area contributed by atoms with Crippen LogP contribution in [0.2, 0.25) is 0 Å². The normalized spacial score (nSPS) is 10.5. The number of esters is 2. The maximum Gasteiger partial charge on any atom is 0.336 e. The highest BCUT2D eigenvalue weighted by molar-refractivity contribution is 5.95. The van der Waals surface area contributed by atoms with E-state index in [1.807, 2.05) is 12.1 Å². The van der Waals surface area contributed by atoms with Gasteiger partial charge in [-0.25, -0.2) is 9.59 Å². The zero-order valence-electron chi connectivity index (χ0n) is 19.0. The van der Waals surface area contributed by atoms with Gasteiger partial charge in [-0.05, 0) is 60.9 Å². The zero-order valence-corrected chi connectivity index (χ0v) is 19.0. The summed E-state index contributed by atoms with van der Waals surface area (Å²) < 4.78 is 21.0. The highest BCUT2D eigenvalue weighted by atomic mass is 16.5. The quantitative estimate of drug-likeness (QED) is 0.194. The van der Waals surface area contributed by atoms with Gasteiger partial charge < -0.3 is 24.1 Å². The van der Waals surface area contributed by atoms with Crippen molar-refractivity contribution in [2.24, 2.45) is 0 Å². The SMILES string of the molecule is C=C(CC(=O)CO)C(=O)OCCCCOc1ccc(/C=C/C(=O)Oc2ccc(OC)cc2)cc1. The number of ketones is 1. The predicted octanol–water partition coefficient (Wildman–Crippen LogP) is 3.52. The van der Waals surface area contributed by atoms with Crippen molar-refractivity contribution in [2.75, 3.05) is 26.9 Å². The topological polar surface area (TPSA) is 108 Å². The van der Waals surface area contributed by atoms with E-state index < -0.39 is 24.3 Å². The Labute approximate surface area is 198 Å². The lowest BCUT2D eigenvalue weighted by molar-refractivity contribution is -0.140. The van der Waals surface area contributed by atoms with E-state index in [1.54, 1.807) is 49.6 Å². The summed E-state index contributed by atoms with van der Waals surface area (Å²) in [7, 11) is 1.56. The second kappa shape index (κ2) is 14.3. The van der Waals surface area contributed by atoms with E-state index in [0.717, 1.165) is 5.56 Å². The average Bonchev–Trinajstić information content (AvgIpc) is 2.85. The number of aliphatic hydroxyl groups excluding tert-OH is 1. The van der Waals surface area contributed by atoms with Crippen LogP contribution in [-0.2, 0) is 19.1 Å². The van der Waals surface area contributed by atoms with Gasteiger partial charge in [0.2, 0.25) is 0 Å². The molecule has 0 unspecified atom stereocenters. The van der Waals surface area contributed by atoms with Crippen LogP contribution in [0.1, 0.15) is 24.8 Å². The summed E-state index contributed by atoms with van der Waals surface area (Å²) in [6.45, 7) is 3.48. The molecule has 8 nitrogen and oxygen atoms in total. The van der Waals surface area contributed by atoms with Crippen LogP contribution in [0.4, 0.5) is 0 Å². The van der Waals surface area contributed by atoms with Gasteiger partial charge in [-0.2, -0.15) is 0 Å². The van der Waals surface area contributed by atoms with Crippen molar-refractivity contribution < 1.29 is 38.4 Å². The second-order valence-electron chi connectivity index (χ2n) is 7.17. The molecule has 0 saturated carbocycles. The van der Waals surface area contributed by atoms with Crippen LogP contribution >= 0.6 is 0 Å². The summed E-state index contributed by atoms with van der Waals surface area (Å²) in [5.41, 5.74) is 0.837. The third kappa shape index (κ3) is 9.70. The lowest BCUT2D eigenvalue weighted by Crippen LogP contribution is -2.13. The van der Waals surface area contributed by atoms with Crippen LogP contribution in [0.5, 0.6) is 17.2 Å². The lowest BCUT2D eigenvalue weighted by atomic mass is 10.1. The van der Waals surface area contributed by atoms with Crippen LogP contribution in [0.3, 0.4) is 0 Å². The minimum Gasteiger partial charge on any atom is -0.497 e. The molecular weight excluding hydrogens is 440 g/mol. The highest BCUT2D eigenvalue weighted by Crippen LogP contribution is 2.18. The molecule has 0 aromatic heterocycles. The molecule has 0 radical (unpaired) electrons. The predicted molar refractivity (Wildman–Crippen MR) is 126 cm³/mol. The number of benzene rings is 2. The Kier molecular flexibility index (Phi) is 11.1. The number of aliphatic hydroxyl groups is 1. The van der Waals surface area contributed by atoms with Crippen molar-refractivity contribution in [3.05, 3.63) is 72.3 Å². The molecule has 0 atom stereocenters. The standard InChI is InChI=1S/C26H28O8/c1-19(17-21(28)18-27)26(30)33-16-4-3-15-32-23-8-5-20(6-9-23)7-14-25(29)34-24-12-10-22(31-2)11-13-24/h5-14,27H,1,3-4,15-18H2,2H3/b14-7+. The number of carbonyl (C=O) groups is 3. The molecule has 0 aliphatic carbocycles. The maximum atomic E-state index is 11.9. The van der Waals surface area contributed by atoms with Gasteiger partial charge in [-0.3, -0.25) is 4.79 Å². The van der Waals surface area contributed by atoms with Crippen LogP contribution in [0, 0.1) is 0 Å². The minimum atomic E-state index is -0.640. The van der Waals surface area contributed by atoms with E-state index in [4.69, 9.17) is 24.1 Å². The smallest absolute Gasteiger partial charge is 0.336 e. The Hall–Kier alpha value is -3.91. The van der Waals surface area contributed by atoms with E-state index in [0.29, 0.717) is 36.7 Å². The summed E-state index contributed by atoms with van der Waals surface area (Å²) >= 11 is 0. The van der Waals surface area contributed by atoms with E-state index in [2.05, 4.69) is 6.58 Å². The number of unbranched alkanes of at least 4 members (excludes halogenated alkanes) is 1. The second-order valence-corrected chi connectivity index (χ2v) is 7.17. The molecule has 180 valence electrons. The Morgan fingerprint density at radius 3 is 2.18 bits per heavy atom. The molecule has 2 rings (SSSR count). The number of methoxy groups -OCH3 is 1. The van der Waals surface area contributed by atoms with Crippen LogP contribution < -0.4 is 14.2 Å². The number of hydrogen-bond donors (Lipinski definition) is 1. The molecule has 0 aliphatic heterocycles. The monoisotopic (exact) mass is 468 g/mol. The van der Waals surface area contributed by atoms with Crippen molar-refractivity contribution in [1.82, 2.24) is 0 Å². The third-order valence-corrected chi connectivity index (χ3v) is 4.49. The minimum absolute atomic E-state index is 0.0263. The van der Waals surface area contributed by atoms with Gasteiger partial charge in [-0.1, -0.05) is 18.7 Å². The molecule has 2 aromatic rings. The molecule has 2 aromatic carbocycles. The Balaban J connectivity index is 1.64. The van der Waals surface area contributed by atoms with Crippen molar-refractivity contribution >= 4 is 23.8 Å². The van der Waals surface area contributed by atoms with Crippen molar-refractivity contribution in [2.45, 2.75) is 19.3 Å². The molecule has 0 saturated heterocycles. The Morgan fingerprint density at radius 2 is 1.53 bits per heavy atom. The zero-order chi connectivity index (χ0) is 24.8. The third-order valence-electron chi connectivity index (χ3n) is 4.49. The molecule has 0 heterocycles. The number of carbonyl (C=O) groups excluding carboxylic acids is 3. The van der Waals surface area contributed by atoms with E-state index in [-0.39, 0.29) is 18.6 Å². The molecule has 1 N–H and O–H groups in total. The largest absolute Gasteiger partial charge is 0.497 e. The van der Waals surface area contributed by atoms with Gasteiger partial charge in [0.15, 0.2) is 5.78 Å². The van der Waals surface area contributed by atoms with Gasteiger partial charge in [0.05, 0.1) is 20.3 Å². The first-order chi connectivity index (χ1) is 16.4. The van der Waals surface area contributed by atoms with Gasteiger partial charge in [-0.15, -0.1) is 0 Å². The average molecular weight is 469 g/mol. The fourth-order valence-corrected chi connectivity index (χ4v) is 2.66.